The van der Waals surface area contributed by atoms with Gasteiger partial charge in [-0.2, -0.15) is 0 Å². The van der Waals surface area contributed by atoms with Gasteiger partial charge in [0, 0.05) is 42.4 Å². The van der Waals surface area contributed by atoms with Crippen LogP contribution in [-0.2, 0) is 0 Å². The molecule has 4 aromatic carbocycles. The van der Waals surface area contributed by atoms with Crippen LogP contribution in [0.2, 0.25) is 0 Å². The molecule has 0 bridgehead atoms. The Balaban J connectivity index is 1.51. The van der Waals surface area contributed by atoms with Crippen molar-refractivity contribution in [3.05, 3.63) is 108 Å². The summed E-state index contributed by atoms with van der Waals surface area (Å²) in [5.41, 5.74) is 4.70. The number of unbranched alkanes of at least 4 members (excludes halogenated alkanes) is 1. The van der Waals surface area contributed by atoms with E-state index in [0.717, 1.165) is 42.0 Å². The number of hydrogen-bond acceptors (Lipinski definition) is 5. The number of halogens is 1. The smallest absolute Gasteiger partial charge is 0.255 e. The van der Waals surface area contributed by atoms with Crippen molar-refractivity contribution in [2.45, 2.75) is 12.8 Å². The van der Waals surface area contributed by atoms with Crippen molar-refractivity contribution < 1.29 is 18.3 Å². The maximum Gasteiger partial charge on any atom is 0.255 e. The Morgan fingerprint density at radius 2 is 1.62 bits per heavy atom. The van der Waals surface area contributed by atoms with E-state index in [0.29, 0.717) is 34.5 Å². The van der Waals surface area contributed by atoms with Gasteiger partial charge >= 0.3 is 0 Å². The Kier molecular flexibility index (Phi) is 8.71. The van der Waals surface area contributed by atoms with Gasteiger partial charge in [-0.15, -0.1) is 0 Å². The highest BCUT2D eigenvalue weighted by molar-refractivity contribution is 8.00. The van der Waals surface area contributed by atoms with Crippen molar-refractivity contribution in [3.8, 4) is 28.2 Å². The van der Waals surface area contributed by atoms with Crippen LogP contribution in [0.3, 0.4) is 0 Å². The quantitative estimate of drug-likeness (QED) is 0.132. The van der Waals surface area contributed by atoms with E-state index in [4.69, 9.17) is 9.15 Å². The molecule has 0 saturated carbocycles. The van der Waals surface area contributed by atoms with Crippen molar-refractivity contribution in [3.63, 3.8) is 0 Å². The van der Waals surface area contributed by atoms with E-state index in [1.807, 2.05) is 60.7 Å². The minimum atomic E-state index is -0.347. The van der Waals surface area contributed by atoms with Crippen LogP contribution in [0.1, 0.15) is 23.2 Å². The molecule has 0 aliphatic heterocycles. The van der Waals surface area contributed by atoms with Crippen LogP contribution in [0.5, 0.6) is 5.75 Å². The van der Waals surface area contributed by atoms with Gasteiger partial charge < -0.3 is 18.8 Å². The molecule has 0 saturated heterocycles. The lowest BCUT2D eigenvalue weighted by Gasteiger charge is -2.25. The molecule has 1 aromatic heterocycles. The van der Waals surface area contributed by atoms with Gasteiger partial charge in [-0.05, 0) is 60.9 Å². The molecule has 204 valence electrons. The lowest BCUT2D eigenvalue weighted by Crippen LogP contribution is -2.18. The molecule has 0 unspecified atom stereocenters. The van der Waals surface area contributed by atoms with Crippen molar-refractivity contribution in [1.29, 1.82) is 0 Å². The average molecular weight is 555 g/mol. The monoisotopic (exact) mass is 554 g/mol. The van der Waals surface area contributed by atoms with Gasteiger partial charge in [-0.25, -0.2) is 4.39 Å². The molecular weight excluding hydrogens is 523 g/mol. The zero-order chi connectivity index (χ0) is 27.9. The van der Waals surface area contributed by atoms with Crippen LogP contribution in [0.25, 0.3) is 33.4 Å². The Hall–Kier alpha value is -4.23. The van der Waals surface area contributed by atoms with Gasteiger partial charge in [0.1, 0.15) is 22.9 Å². The first kappa shape index (κ1) is 27.3. The van der Waals surface area contributed by atoms with E-state index < -0.39 is 0 Å². The molecule has 0 spiro atoms. The van der Waals surface area contributed by atoms with Gasteiger partial charge in [-0.3, -0.25) is 4.79 Å². The summed E-state index contributed by atoms with van der Waals surface area (Å²) in [7, 11) is 1.60. The minimum Gasteiger partial charge on any atom is -0.494 e. The van der Waals surface area contributed by atoms with Crippen molar-refractivity contribution >= 4 is 34.5 Å². The lowest BCUT2D eigenvalue weighted by molar-refractivity contribution is 0.0964. The maximum absolute atomic E-state index is 13.7. The fourth-order valence-electron chi connectivity index (χ4n) is 4.72. The molecule has 0 aliphatic rings. The predicted octanol–water partition coefficient (Wildman–Crippen LogP) is 8.21. The molecular formula is C33H31FN2O3S. The number of benzene rings is 4. The molecule has 40 heavy (non-hydrogen) atoms. The molecule has 0 atom stereocenters. The van der Waals surface area contributed by atoms with Gasteiger partial charge in [0.2, 0.25) is 0 Å². The summed E-state index contributed by atoms with van der Waals surface area (Å²) in [6.07, 6.45) is 3.90. The first-order valence-corrected chi connectivity index (χ1v) is 14.4. The standard InChI is InChI=1S/C33H31FN2O3S/c1-35-33(37)31-28-21-27(23-11-5-3-6-12-23)29(22-30(28)39-32(31)24-15-17-25(34)18-16-24)36(40-2)19-9-10-20-38-26-13-7-4-8-14-26/h3-8,11-18,21-22H,9-10,19-20H2,1-2H3,(H,35,37). The summed E-state index contributed by atoms with van der Waals surface area (Å²) in [6.45, 7) is 1.45. The van der Waals surface area contributed by atoms with E-state index in [1.165, 1.54) is 12.1 Å². The summed E-state index contributed by atoms with van der Waals surface area (Å²) in [5, 5.41) is 3.45. The van der Waals surface area contributed by atoms with Crippen LogP contribution in [-0.4, -0.2) is 32.4 Å². The second kappa shape index (κ2) is 12.7. The molecule has 7 heteroatoms. The minimum absolute atomic E-state index is 0.259. The summed E-state index contributed by atoms with van der Waals surface area (Å²) in [6, 6.07) is 30.0. The predicted molar refractivity (Wildman–Crippen MR) is 162 cm³/mol. The molecule has 5 rings (SSSR count). The van der Waals surface area contributed by atoms with Crippen LogP contribution in [0, 0.1) is 5.82 Å². The maximum atomic E-state index is 13.7. The number of ether oxygens (including phenoxy) is 1. The fraction of sp³-hybridized carbons (Fsp3) is 0.182. The number of anilines is 1. The van der Waals surface area contributed by atoms with Crippen molar-refractivity contribution in [2.75, 3.05) is 30.8 Å². The van der Waals surface area contributed by atoms with Gasteiger partial charge in [0.25, 0.3) is 5.91 Å². The second-order valence-electron chi connectivity index (χ2n) is 9.28. The Bertz CT molecular complexity index is 1570. The first-order valence-electron chi connectivity index (χ1n) is 13.2. The lowest BCUT2D eigenvalue weighted by atomic mass is 9.98. The van der Waals surface area contributed by atoms with Gasteiger partial charge in [0.05, 0.1) is 17.9 Å². The molecule has 0 radical (unpaired) electrons. The zero-order valence-electron chi connectivity index (χ0n) is 22.5. The molecule has 0 aliphatic carbocycles. The summed E-state index contributed by atoms with van der Waals surface area (Å²) in [4.78, 5) is 13.1. The molecule has 5 aromatic rings. The Morgan fingerprint density at radius 3 is 2.30 bits per heavy atom. The molecule has 5 nitrogen and oxygen atoms in total. The third-order valence-electron chi connectivity index (χ3n) is 6.71. The summed E-state index contributed by atoms with van der Waals surface area (Å²) in [5.74, 6) is 0.687. The molecule has 1 heterocycles. The topological polar surface area (TPSA) is 54.7 Å². The molecule has 0 fully saturated rings. The van der Waals surface area contributed by atoms with E-state index in [-0.39, 0.29) is 11.7 Å². The summed E-state index contributed by atoms with van der Waals surface area (Å²) < 4.78 is 28.1. The number of carbonyl (C=O) groups is 1. The number of rotatable bonds is 11. The van der Waals surface area contributed by atoms with Crippen molar-refractivity contribution in [1.82, 2.24) is 5.32 Å². The van der Waals surface area contributed by atoms with Crippen LogP contribution in [0.4, 0.5) is 10.1 Å². The number of carbonyl (C=O) groups excluding carboxylic acids is 1. The van der Waals surface area contributed by atoms with E-state index in [9.17, 15) is 9.18 Å². The van der Waals surface area contributed by atoms with Crippen molar-refractivity contribution in [2.24, 2.45) is 0 Å². The number of nitrogens with zero attached hydrogens (tertiary/aromatic N) is 1. The molecule has 1 amide bonds. The van der Waals surface area contributed by atoms with Gasteiger partial charge in [0.15, 0.2) is 0 Å². The Morgan fingerprint density at radius 1 is 0.925 bits per heavy atom. The van der Waals surface area contributed by atoms with E-state index in [1.54, 1.807) is 31.1 Å². The van der Waals surface area contributed by atoms with Crippen LogP contribution >= 0.6 is 11.9 Å². The average Bonchev–Trinajstić information content (AvgIpc) is 3.38. The van der Waals surface area contributed by atoms with Gasteiger partial charge in [-0.1, -0.05) is 60.5 Å². The normalized spacial score (nSPS) is 11.0. The second-order valence-corrected chi connectivity index (χ2v) is 10.1. The highest BCUT2D eigenvalue weighted by Gasteiger charge is 2.24. The molecule has 1 N–H and O–H groups in total. The number of fused-ring (bicyclic) bond motifs is 1. The first-order chi connectivity index (χ1) is 19.6. The van der Waals surface area contributed by atoms with Crippen LogP contribution in [0.15, 0.2) is 101 Å². The zero-order valence-corrected chi connectivity index (χ0v) is 23.3. The fourth-order valence-corrected chi connectivity index (χ4v) is 5.38. The highest BCUT2D eigenvalue weighted by atomic mass is 32.2. The van der Waals surface area contributed by atoms with Crippen LogP contribution < -0.4 is 14.4 Å². The third-order valence-corrected chi connectivity index (χ3v) is 7.53. The van der Waals surface area contributed by atoms with E-state index >= 15 is 0 Å². The number of para-hydroxylation sites is 1. The SMILES string of the molecule is CNC(=O)c1c(-c2ccc(F)cc2)oc2cc(N(CCCCOc3ccccc3)SC)c(-c3ccccc3)cc12. The highest BCUT2D eigenvalue weighted by Crippen LogP contribution is 2.42. The number of furan rings is 1. The largest absolute Gasteiger partial charge is 0.494 e. The number of amides is 1. The number of nitrogens with one attached hydrogen (secondary N) is 1. The Labute approximate surface area is 238 Å². The van der Waals surface area contributed by atoms with E-state index in [2.05, 4.69) is 28.0 Å². The number of hydrogen-bond donors (Lipinski definition) is 1. The third kappa shape index (κ3) is 6.00. The summed E-state index contributed by atoms with van der Waals surface area (Å²) >= 11 is 1.64.